The number of halogens is 2. The summed E-state index contributed by atoms with van der Waals surface area (Å²) in [6, 6.07) is 8.20. The van der Waals surface area contributed by atoms with E-state index in [0.29, 0.717) is 22.4 Å². The number of nitro groups is 1. The number of pyridine rings is 1. The van der Waals surface area contributed by atoms with Gasteiger partial charge in [0.25, 0.3) is 0 Å². The summed E-state index contributed by atoms with van der Waals surface area (Å²) in [4.78, 5) is 13.2. The molecular weight excluding hydrogens is 289 g/mol. The predicted octanol–water partition coefficient (Wildman–Crippen LogP) is 3.33. The Bertz CT molecular complexity index is 620. The van der Waals surface area contributed by atoms with Gasteiger partial charge in [-0.25, -0.2) is 4.98 Å². The molecule has 0 unspecified atom stereocenters. The number of hydrogen-bond donors (Lipinski definition) is 1. The second-order valence-corrected chi connectivity index (χ2v) is 4.60. The summed E-state index contributed by atoms with van der Waals surface area (Å²) in [5.41, 5.74) is 0.864. The van der Waals surface area contributed by atoms with Gasteiger partial charge < -0.3 is 0 Å². The van der Waals surface area contributed by atoms with Crippen LogP contribution in [-0.4, -0.2) is 4.92 Å². The maximum Gasteiger partial charge on any atom is 0.357 e. The smallest absolute Gasteiger partial charge is 0.264 e. The number of rotatable bonds is 4. The molecule has 19 heavy (non-hydrogen) atoms. The van der Waals surface area contributed by atoms with Crippen LogP contribution in [0.4, 0.5) is 11.5 Å². The average molecular weight is 299 g/mol. The molecule has 5 nitrogen and oxygen atoms in total. The molecule has 0 fully saturated rings. The first kappa shape index (κ1) is 13.6. The lowest BCUT2D eigenvalue weighted by Gasteiger charge is -2.02. The molecule has 2 N–H and O–H groups in total. The van der Waals surface area contributed by atoms with Gasteiger partial charge in [-0.2, -0.15) is 0 Å². The fraction of sp³-hybridized carbons (Fsp3) is 0.0833. The second-order valence-electron chi connectivity index (χ2n) is 3.79. The lowest BCUT2D eigenvalue weighted by atomic mass is 10.2. The van der Waals surface area contributed by atoms with Crippen molar-refractivity contribution in [3.8, 4) is 0 Å². The zero-order valence-corrected chi connectivity index (χ0v) is 11.2. The number of hydrogen-bond acceptors (Lipinski definition) is 3. The summed E-state index contributed by atoms with van der Waals surface area (Å²) in [5.74, 6) is 0.346. The maximum atomic E-state index is 10.8. The van der Waals surface area contributed by atoms with Crippen molar-refractivity contribution >= 4 is 34.7 Å². The molecule has 0 saturated carbocycles. The van der Waals surface area contributed by atoms with E-state index in [1.807, 2.05) is 0 Å². The van der Waals surface area contributed by atoms with Crippen molar-refractivity contribution in [1.82, 2.24) is 0 Å². The van der Waals surface area contributed by atoms with Crippen molar-refractivity contribution in [2.75, 3.05) is 5.32 Å². The number of H-pyrrole nitrogens is 1. The topological polar surface area (TPSA) is 69.3 Å². The molecule has 0 spiro atoms. The van der Waals surface area contributed by atoms with Crippen molar-refractivity contribution in [3.05, 3.63) is 62.3 Å². The molecule has 7 heteroatoms. The molecule has 0 radical (unpaired) electrons. The molecule has 0 atom stereocenters. The summed E-state index contributed by atoms with van der Waals surface area (Å²) in [6.07, 6.45) is 1.62. The maximum absolute atomic E-state index is 10.8. The van der Waals surface area contributed by atoms with Crippen molar-refractivity contribution in [1.29, 1.82) is 0 Å². The average Bonchev–Trinajstić information content (AvgIpc) is 2.40. The van der Waals surface area contributed by atoms with Gasteiger partial charge in [0.15, 0.2) is 0 Å². The highest BCUT2D eigenvalue weighted by Gasteiger charge is 2.19. The summed E-state index contributed by atoms with van der Waals surface area (Å²) in [5, 5.41) is 14.7. The number of aromatic nitrogens is 1. The van der Waals surface area contributed by atoms with Gasteiger partial charge in [0.2, 0.25) is 0 Å². The molecule has 1 heterocycles. The highest BCUT2D eigenvalue weighted by atomic mass is 35.5. The van der Waals surface area contributed by atoms with E-state index in [2.05, 4.69) is 10.3 Å². The van der Waals surface area contributed by atoms with Gasteiger partial charge in [-0.3, -0.25) is 15.4 Å². The summed E-state index contributed by atoms with van der Waals surface area (Å²) in [7, 11) is 0. The molecule has 0 aliphatic carbocycles. The van der Waals surface area contributed by atoms with Crippen molar-refractivity contribution in [3.63, 3.8) is 0 Å². The van der Waals surface area contributed by atoms with Gasteiger partial charge in [-0.05, 0) is 23.8 Å². The molecule has 2 rings (SSSR count). The quantitative estimate of drug-likeness (QED) is 0.695. The fourth-order valence-electron chi connectivity index (χ4n) is 1.56. The number of aromatic amines is 1. The zero-order valence-electron chi connectivity index (χ0n) is 9.69. The zero-order chi connectivity index (χ0) is 13.8. The second kappa shape index (κ2) is 5.86. The van der Waals surface area contributed by atoms with Gasteiger partial charge in [-0.1, -0.05) is 29.3 Å². The molecule has 0 aliphatic heterocycles. The SMILES string of the molecule is O=[N+]([O-])c1ccc[nH+]c1NCc1ccc(Cl)c(Cl)c1. The van der Waals surface area contributed by atoms with E-state index < -0.39 is 4.92 Å². The van der Waals surface area contributed by atoms with Crippen LogP contribution in [0.3, 0.4) is 0 Å². The first-order valence-corrected chi connectivity index (χ1v) is 6.16. The third-order valence-electron chi connectivity index (χ3n) is 2.48. The van der Waals surface area contributed by atoms with Gasteiger partial charge in [-0.15, -0.1) is 0 Å². The van der Waals surface area contributed by atoms with Crippen LogP contribution in [0.5, 0.6) is 0 Å². The third kappa shape index (κ3) is 3.33. The molecule has 0 saturated heterocycles. The van der Waals surface area contributed by atoms with E-state index in [1.54, 1.807) is 30.5 Å². The largest absolute Gasteiger partial charge is 0.357 e. The summed E-state index contributed by atoms with van der Waals surface area (Å²) in [6.45, 7) is 0.401. The Morgan fingerprint density at radius 2 is 2.05 bits per heavy atom. The Morgan fingerprint density at radius 1 is 1.26 bits per heavy atom. The Labute approximate surface area is 119 Å². The van der Waals surface area contributed by atoms with Crippen LogP contribution in [0.25, 0.3) is 0 Å². The molecule has 98 valence electrons. The Balaban J connectivity index is 2.14. The van der Waals surface area contributed by atoms with Gasteiger partial charge in [0.1, 0.15) is 6.54 Å². The van der Waals surface area contributed by atoms with Crippen LogP contribution < -0.4 is 10.3 Å². The molecule has 0 amide bonds. The fourth-order valence-corrected chi connectivity index (χ4v) is 1.88. The highest BCUT2D eigenvalue weighted by molar-refractivity contribution is 6.42. The van der Waals surface area contributed by atoms with E-state index >= 15 is 0 Å². The van der Waals surface area contributed by atoms with Crippen LogP contribution in [0.1, 0.15) is 5.56 Å². The monoisotopic (exact) mass is 298 g/mol. The molecule has 1 aromatic carbocycles. The first-order chi connectivity index (χ1) is 9.08. The Hall–Kier alpha value is -1.85. The molecule has 0 aliphatic rings. The number of benzene rings is 1. The van der Waals surface area contributed by atoms with Crippen molar-refractivity contribution in [2.24, 2.45) is 0 Å². The normalized spacial score (nSPS) is 10.2. The van der Waals surface area contributed by atoms with E-state index in [1.165, 1.54) is 6.07 Å². The van der Waals surface area contributed by atoms with E-state index in [4.69, 9.17) is 23.2 Å². The Kier molecular flexibility index (Phi) is 4.19. The minimum atomic E-state index is -0.451. The van der Waals surface area contributed by atoms with E-state index in [0.717, 1.165) is 5.56 Å². The minimum absolute atomic E-state index is 0.0115. The number of nitrogens with zero attached hydrogens (tertiary/aromatic N) is 1. The molecular formula is C12H10Cl2N3O2+. The molecule has 2 aromatic rings. The summed E-state index contributed by atoms with van der Waals surface area (Å²) >= 11 is 11.7. The molecule has 0 bridgehead atoms. The first-order valence-electron chi connectivity index (χ1n) is 5.41. The standard InChI is InChI=1S/C12H9Cl2N3O2/c13-9-4-3-8(6-10(9)14)7-16-12-11(17(18)19)2-1-5-15-12/h1-6H,7H2,(H,15,16)/p+1. The number of nitrogens with one attached hydrogen (secondary N) is 2. The highest BCUT2D eigenvalue weighted by Crippen LogP contribution is 2.23. The lowest BCUT2D eigenvalue weighted by Crippen LogP contribution is -2.14. The van der Waals surface area contributed by atoms with Gasteiger partial charge >= 0.3 is 11.5 Å². The molecule has 1 aromatic heterocycles. The summed E-state index contributed by atoms with van der Waals surface area (Å²) < 4.78 is 0. The van der Waals surface area contributed by atoms with E-state index in [-0.39, 0.29) is 5.69 Å². The van der Waals surface area contributed by atoms with Crippen LogP contribution in [0.15, 0.2) is 36.5 Å². The van der Waals surface area contributed by atoms with Crippen LogP contribution in [0.2, 0.25) is 10.0 Å². The van der Waals surface area contributed by atoms with E-state index in [9.17, 15) is 10.1 Å². The van der Waals surface area contributed by atoms with Gasteiger partial charge in [0.05, 0.1) is 21.2 Å². The van der Waals surface area contributed by atoms with Crippen molar-refractivity contribution < 1.29 is 9.91 Å². The van der Waals surface area contributed by atoms with Crippen LogP contribution in [0, 0.1) is 10.1 Å². The van der Waals surface area contributed by atoms with Crippen LogP contribution in [-0.2, 0) is 6.54 Å². The predicted molar refractivity (Wildman–Crippen MR) is 73.4 cm³/mol. The lowest BCUT2D eigenvalue weighted by molar-refractivity contribution is -0.409. The number of anilines is 1. The van der Waals surface area contributed by atoms with Crippen LogP contribution >= 0.6 is 23.2 Å². The Morgan fingerprint density at radius 3 is 2.74 bits per heavy atom. The van der Waals surface area contributed by atoms with Gasteiger partial charge in [0, 0.05) is 6.07 Å². The van der Waals surface area contributed by atoms with Crippen molar-refractivity contribution in [2.45, 2.75) is 6.54 Å². The third-order valence-corrected chi connectivity index (χ3v) is 3.22. The minimum Gasteiger partial charge on any atom is -0.264 e.